The van der Waals surface area contributed by atoms with Crippen LogP contribution in [0.5, 0.6) is 0 Å². The summed E-state index contributed by atoms with van der Waals surface area (Å²) in [6.07, 6.45) is 21.4. The third-order valence-corrected chi connectivity index (χ3v) is 7.46. The molecule has 0 N–H and O–H groups in total. The summed E-state index contributed by atoms with van der Waals surface area (Å²) < 4.78 is 0. The SMILES string of the molecule is [CH2-]c1cc(C2CCCCC2)cc(C2CCCCC2)c1C1CCCCC1. The largest absolute Gasteiger partial charge is 0.198 e. The highest BCUT2D eigenvalue weighted by Crippen LogP contribution is 2.44. The molecule has 3 saturated carbocycles. The molecule has 0 amide bonds. The summed E-state index contributed by atoms with van der Waals surface area (Å²) in [6, 6.07) is 5.19. The molecule has 3 aliphatic carbocycles. The lowest BCUT2D eigenvalue weighted by atomic mass is 9.72. The molecule has 1 aromatic carbocycles. The fraction of sp³-hybridized carbons (Fsp3) is 0.720. The molecule has 3 aliphatic rings. The zero-order chi connectivity index (χ0) is 17.1. The molecule has 3 fully saturated rings. The summed E-state index contributed by atoms with van der Waals surface area (Å²) in [5.41, 5.74) is 6.49. The molecule has 0 saturated heterocycles. The van der Waals surface area contributed by atoms with E-state index >= 15 is 0 Å². The van der Waals surface area contributed by atoms with Gasteiger partial charge in [0.15, 0.2) is 0 Å². The Kier molecular flexibility index (Phi) is 5.73. The second kappa shape index (κ2) is 8.19. The van der Waals surface area contributed by atoms with E-state index in [4.69, 9.17) is 0 Å². The molecule has 0 heteroatoms. The van der Waals surface area contributed by atoms with Gasteiger partial charge in [-0.25, -0.2) is 0 Å². The monoisotopic (exact) mass is 337 g/mol. The van der Waals surface area contributed by atoms with Gasteiger partial charge in [0.1, 0.15) is 0 Å². The highest BCUT2D eigenvalue weighted by Gasteiger charge is 2.23. The predicted octanol–water partition coefficient (Wildman–Crippen LogP) is 8.01. The lowest BCUT2D eigenvalue weighted by Crippen LogP contribution is -2.15. The van der Waals surface area contributed by atoms with E-state index in [2.05, 4.69) is 19.1 Å². The molecule has 25 heavy (non-hydrogen) atoms. The van der Waals surface area contributed by atoms with Crippen LogP contribution in [-0.2, 0) is 0 Å². The van der Waals surface area contributed by atoms with Crippen LogP contribution in [0.15, 0.2) is 12.1 Å². The standard InChI is InChI=1S/C25H37/c1-19-17-23(20-11-5-2-6-12-20)18-24(21-13-7-3-8-14-21)25(19)22-15-9-4-10-16-22/h17-18,20-22H,1-16H2/q-1. The van der Waals surface area contributed by atoms with Gasteiger partial charge >= 0.3 is 0 Å². The molecule has 0 bridgehead atoms. The van der Waals surface area contributed by atoms with Gasteiger partial charge in [0.05, 0.1) is 0 Å². The fourth-order valence-electron chi connectivity index (χ4n) is 6.08. The molecule has 0 aromatic heterocycles. The van der Waals surface area contributed by atoms with Gasteiger partial charge in [-0.3, -0.25) is 0 Å². The van der Waals surface area contributed by atoms with Crippen LogP contribution in [0.2, 0.25) is 0 Å². The maximum atomic E-state index is 4.61. The number of hydrogen-bond acceptors (Lipinski definition) is 0. The Hall–Kier alpha value is -0.910. The van der Waals surface area contributed by atoms with Gasteiger partial charge in [-0.15, -0.1) is 11.1 Å². The van der Waals surface area contributed by atoms with E-state index in [0.717, 1.165) is 17.8 Å². The molecule has 4 rings (SSSR count). The number of hydrogen-bond donors (Lipinski definition) is 0. The first-order chi connectivity index (χ1) is 12.3. The van der Waals surface area contributed by atoms with Crippen LogP contribution in [0.3, 0.4) is 0 Å². The minimum atomic E-state index is 0.804. The zero-order valence-electron chi connectivity index (χ0n) is 16.2. The van der Waals surface area contributed by atoms with Crippen LogP contribution in [0.1, 0.15) is 136 Å². The Balaban J connectivity index is 1.70. The lowest BCUT2D eigenvalue weighted by Gasteiger charge is -2.37. The molecule has 138 valence electrons. The molecule has 0 unspecified atom stereocenters. The smallest absolute Gasteiger partial charge is 0.0274 e. The molecule has 0 radical (unpaired) electrons. The molecule has 1 aromatic rings. The second-order valence-corrected chi connectivity index (χ2v) is 9.19. The van der Waals surface area contributed by atoms with Crippen LogP contribution < -0.4 is 0 Å². The van der Waals surface area contributed by atoms with E-state index in [0.29, 0.717) is 0 Å². The van der Waals surface area contributed by atoms with Gasteiger partial charge in [0, 0.05) is 0 Å². The first kappa shape index (κ1) is 17.5. The summed E-state index contributed by atoms with van der Waals surface area (Å²) in [6.45, 7) is 4.61. The summed E-state index contributed by atoms with van der Waals surface area (Å²) in [4.78, 5) is 0. The minimum absolute atomic E-state index is 0.804. The van der Waals surface area contributed by atoms with Crippen molar-refractivity contribution in [2.45, 2.75) is 114 Å². The Morgan fingerprint density at radius 3 is 1.60 bits per heavy atom. The van der Waals surface area contributed by atoms with Crippen molar-refractivity contribution in [2.24, 2.45) is 0 Å². The number of benzene rings is 1. The van der Waals surface area contributed by atoms with Crippen molar-refractivity contribution in [3.8, 4) is 0 Å². The van der Waals surface area contributed by atoms with Crippen LogP contribution in [0.25, 0.3) is 0 Å². The normalized spacial score (nSPS) is 24.5. The van der Waals surface area contributed by atoms with Crippen molar-refractivity contribution in [1.29, 1.82) is 0 Å². The summed E-state index contributed by atoms with van der Waals surface area (Å²) in [5, 5.41) is 0. The average molecular weight is 338 g/mol. The van der Waals surface area contributed by atoms with Crippen LogP contribution in [0, 0.1) is 6.92 Å². The van der Waals surface area contributed by atoms with E-state index in [9.17, 15) is 0 Å². The van der Waals surface area contributed by atoms with Crippen molar-refractivity contribution in [3.63, 3.8) is 0 Å². The average Bonchev–Trinajstić information content (AvgIpc) is 2.69. The molecule has 0 heterocycles. The molecule has 0 atom stereocenters. The van der Waals surface area contributed by atoms with Crippen molar-refractivity contribution in [1.82, 2.24) is 0 Å². The molecule has 0 spiro atoms. The maximum Gasteiger partial charge on any atom is -0.0274 e. The van der Waals surface area contributed by atoms with Gasteiger partial charge < -0.3 is 0 Å². The van der Waals surface area contributed by atoms with E-state index < -0.39 is 0 Å². The van der Waals surface area contributed by atoms with Gasteiger partial charge in [-0.05, 0) is 37.5 Å². The zero-order valence-corrected chi connectivity index (χ0v) is 16.2. The molecule has 0 nitrogen and oxygen atoms in total. The maximum absolute atomic E-state index is 4.61. The van der Waals surface area contributed by atoms with E-state index in [-0.39, 0.29) is 0 Å². The van der Waals surface area contributed by atoms with Gasteiger partial charge in [-0.2, -0.15) is 18.6 Å². The Labute approximate surface area is 155 Å². The van der Waals surface area contributed by atoms with E-state index in [1.807, 2.05) is 0 Å². The van der Waals surface area contributed by atoms with Crippen LogP contribution >= 0.6 is 0 Å². The number of rotatable bonds is 3. The highest BCUT2D eigenvalue weighted by molar-refractivity contribution is 5.46. The van der Waals surface area contributed by atoms with Crippen molar-refractivity contribution >= 4 is 0 Å². The topological polar surface area (TPSA) is 0 Å². The first-order valence-corrected chi connectivity index (χ1v) is 11.3. The Bertz CT molecular complexity index is 552. The lowest BCUT2D eigenvalue weighted by molar-refractivity contribution is 0.415. The summed E-state index contributed by atoms with van der Waals surface area (Å²) >= 11 is 0. The Morgan fingerprint density at radius 1 is 0.560 bits per heavy atom. The third-order valence-electron chi connectivity index (χ3n) is 7.46. The highest BCUT2D eigenvalue weighted by atomic mass is 14.3. The minimum Gasteiger partial charge on any atom is -0.198 e. The van der Waals surface area contributed by atoms with Crippen molar-refractivity contribution in [3.05, 3.63) is 41.3 Å². The molecular weight excluding hydrogens is 300 g/mol. The van der Waals surface area contributed by atoms with Crippen LogP contribution in [-0.4, -0.2) is 0 Å². The van der Waals surface area contributed by atoms with E-state index in [1.54, 1.807) is 16.7 Å². The first-order valence-electron chi connectivity index (χ1n) is 11.3. The molecular formula is C25H37-. The van der Waals surface area contributed by atoms with Crippen LogP contribution in [0.4, 0.5) is 0 Å². The van der Waals surface area contributed by atoms with Crippen molar-refractivity contribution in [2.75, 3.05) is 0 Å². The summed E-state index contributed by atoms with van der Waals surface area (Å²) in [7, 11) is 0. The third kappa shape index (κ3) is 3.93. The Morgan fingerprint density at radius 2 is 1.04 bits per heavy atom. The molecule has 0 aliphatic heterocycles. The predicted molar refractivity (Wildman–Crippen MR) is 108 cm³/mol. The summed E-state index contributed by atoms with van der Waals surface area (Å²) in [5.74, 6) is 2.45. The van der Waals surface area contributed by atoms with Gasteiger partial charge in [-0.1, -0.05) is 88.2 Å². The van der Waals surface area contributed by atoms with E-state index in [1.165, 1.54) is 102 Å². The quantitative estimate of drug-likeness (QED) is 0.490. The second-order valence-electron chi connectivity index (χ2n) is 9.19. The van der Waals surface area contributed by atoms with Gasteiger partial charge in [0.25, 0.3) is 0 Å². The fourth-order valence-corrected chi connectivity index (χ4v) is 6.08. The van der Waals surface area contributed by atoms with Crippen molar-refractivity contribution < 1.29 is 0 Å². The van der Waals surface area contributed by atoms with Gasteiger partial charge in [0.2, 0.25) is 0 Å².